The highest BCUT2D eigenvalue weighted by Gasteiger charge is 2.31. The van der Waals surface area contributed by atoms with Crippen LogP contribution in [0.1, 0.15) is 66.2 Å². The van der Waals surface area contributed by atoms with E-state index in [1.165, 1.54) is 0 Å². The van der Waals surface area contributed by atoms with Gasteiger partial charge in [-0.05, 0) is 58.0 Å². The highest BCUT2D eigenvalue weighted by atomic mass is 32.1. The summed E-state index contributed by atoms with van der Waals surface area (Å²) in [6.45, 7) is 9.95. The van der Waals surface area contributed by atoms with Crippen molar-refractivity contribution < 1.29 is 9.53 Å². The van der Waals surface area contributed by atoms with Gasteiger partial charge in [-0.3, -0.25) is 4.79 Å². The van der Waals surface area contributed by atoms with Crippen LogP contribution in [-0.2, 0) is 16.8 Å². The Morgan fingerprint density at radius 2 is 2.13 bits per heavy atom. The smallest absolute Gasteiger partial charge is 0.255 e. The van der Waals surface area contributed by atoms with Crippen LogP contribution < -0.4 is 0 Å². The molecule has 1 amide bonds. The third-order valence-corrected chi connectivity index (χ3v) is 6.33. The van der Waals surface area contributed by atoms with Crippen molar-refractivity contribution >= 4 is 28.3 Å². The summed E-state index contributed by atoms with van der Waals surface area (Å²) in [6.07, 6.45) is 2.27. The summed E-state index contributed by atoms with van der Waals surface area (Å²) >= 11 is 1.67. The zero-order valence-electron chi connectivity index (χ0n) is 18.4. The van der Waals surface area contributed by atoms with Gasteiger partial charge in [0.25, 0.3) is 5.91 Å². The number of carbonyl (C=O) groups excluding carboxylic acids is 1. The van der Waals surface area contributed by atoms with Crippen LogP contribution in [0.2, 0.25) is 0 Å². The maximum Gasteiger partial charge on any atom is 0.255 e. The number of nitrogens with zero attached hydrogens (tertiary/aromatic N) is 4. The van der Waals surface area contributed by atoms with E-state index in [9.17, 15) is 4.79 Å². The highest BCUT2D eigenvalue weighted by Crippen LogP contribution is 2.41. The predicted molar refractivity (Wildman–Crippen MR) is 120 cm³/mol. The van der Waals surface area contributed by atoms with Gasteiger partial charge in [-0.2, -0.15) is 5.10 Å². The second-order valence-corrected chi connectivity index (χ2v) is 10.1. The molecule has 0 spiro atoms. The number of amides is 1. The molecule has 0 radical (unpaired) electrons. The molecule has 1 saturated carbocycles. The Kier molecular flexibility index (Phi) is 5.68. The number of thiophene rings is 1. The van der Waals surface area contributed by atoms with Crippen molar-refractivity contribution in [3.05, 3.63) is 45.4 Å². The average molecular weight is 427 g/mol. The molecule has 1 fully saturated rings. The zero-order chi connectivity index (χ0) is 21.5. The van der Waals surface area contributed by atoms with Crippen LogP contribution in [-0.4, -0.2) is 45.8 Å². The van der Waals surface area contributed by atoms with E-state index in [4.69, 9.17) is 14.8 Å². The van der Waals surface area contributed by atoms with Crippen molar-refractivity contribution in [2.45, 2.75) is 58.5 Å². The topological polar surface area (TPSA) is 60.2 Å². The zero-order valence-corrected chi connectivity index (χ0v) is 19.3. The lowest BCUT2D eigenvalue weighted by Crippen LogP contribution is -2.33. The fourth-order valence-corrected chi connectivity index (χ4v) is 4.47. The van der Waals surface area contributed by atoms with Crippen molar-refractivity contribution in [3.8, 4) is 0 Å². The number of hydrogen-bond acceptors (Lipinski definition) is 5. The SMILES string of the molecule is COCCN(Cc1cccs1)C(=O)c1cc(C2CC2)nc2c1c(C)nn2C(C)(C)C. The van der Waals surface area contributed by atoms with E-state index in [0.717, 1.165) is 40.1 Å². The van der Waals surface area contributed by atoms with Crippen molar-refractivity contribution in [3.63, 3.8) is 0 Å². The Labute approximate surface area is 181 Å². The molecule has 0 unspecified atom stereocenters. The third kappa shape index (κ3) is 4.14. The first-order valence-electron chi connectivity index (χ1n) is 10.5. The molecule has 0 aromatic carbocycles. The van der Waals surface area contributed by atoms with E-state index in [2.05, 4.69) is 26.8 Å². The number of ether oxygens (including phenoxy) is 1. The number of methoxy groups -OCH3 is 1. The van der Waals surface area contributed by atoms with Gasteiger partial charge < -0.3 is 9.64 Å². The molecule has 0 bridgehead atoms. The molecule has 30 heavy (non-hydrogen) atoms. The van der Waals surface area contributed by atoms with Gasteiger partial charge in [0.05, 0.1) is 35.3 Å². The minimum atomic E-state index is -0.214. The Morgan fingerprint density at radius 1 is 1.37 bits per heavy atom. The van der Waals surface area contributed by atoms with Crippen molar-refractivity contribution in [1.82, 2.24) is 19.7 Å². The quantitative estimate of drug-likeness (QED) is 0.548. The summed E-state index contributed by atoms with van der Waals surface area (Å²) in [4.78, 5) is 21.8. The second kappa shape index (κ2) is 8.12. The Hall–Kier alpha value is -2.25. The Morgan fingerprint density at radius 3 is 2.73 bits per heavy atom. The van der Waals surface area contributed by atoms with Crippen molar-refractivity contribution in [2.24, 2.45) is 0 Å². The van der Waals surface area contributed by atoms with Gasteiger partial charge in [0.15, 0.2) is 5.65 Å². The van der Waals surface area contributed by atoms with Crippen molar-refractivity contribution in [2.75, 3.05) is 20.3 Å². The number of aryl methyl sites for hydroxylation is 1. The van der Waals surface area contributed by atoms with E-state index >= 15 is 0 Å². The van der Waals surface area contributed by atoms with Crippen LogP contribution in [0.15, 0.2) is 23.6 Å². The summed E-state index contributed by atoms with van der Waals surface area (Å²) < 4.78 is 7.26. The fourth-order valence-electron chi connectivity index (χ4n) is 3.75. The molecule has 0 aliphatic heterocycles. The normalized spacial score (nSPS) is 14.4. The van der Waals surface area contributed by atoms with E-state index in [-0.39, 0.29) is 11.4 Å². The molecule has 0 saturated heterocycles. The number of fused-ring (bicyclic) bond motifs is 1. The third-order valence-electron chi connectivity index (χ3n) is 5.47. The maximum atomic E-state index is 13.8. The van der Waals surface area contributed by atoms with Crippen LogP contribution >= 0.6 is 11.3 Å². The molecule has 3 heterocycles. The number of carbonyl (C=O) groups is 1. The van der Waals surface area contributed by atoms with Gasteiger partial charge in [-0.25, -0.2) is 9.67 Å². The highest BCUT2D eigenvalue weighted by molar-refractivity contribution is 7.09. The summed E-state index contributed by atoms with van der Waals surface area (Å²) in [7, 11) is 1.67. The van der Waals surface area contributed by atoms with E-state index in [1.807, 2.05) is 34.0 Å². The monoisotopic (exact) mass is 426 g/mol. The number of pyridine rings is 1. The molecule has 0 atom stereocenters. The molecule has 3 aromatic rings. The molecule has 6 nitrogen and oxygen atoms in total. The number of rotatable bonds is 7. The lowest BCUT2D eigenvalue weighted by atomic mass is 10.1. The second-order valence-electron chi connectivity index (χ2n) is 9.03. The Bertz CT molecular complexity index is 1050. The van der Waals surface area contributed by atoms with Gasteiger partial charge in [-0.1, -0.05) is 6.07 Å². The maximum absolute atomic E-state index is 13.8. The fraction of sp³-hybridized carbons (Fsp3) is 0.522. The van der Waals surface area contributed by atoms with E-state index < -0.39 is 0 Å². The number of aromatic nitrogens is 3. The van der Waals surface area contributed by atoms with Crippen LogP contribution in [0.4, 0.5) is 0 Å². The lowest BCUT2D eigenvalue weighted by molar-refractivity contribution is 0.0684. The molecule has 0 N–H and O–H groups in total. The van der Waals surface area contributed by atoms with Gasteiger partial charge >= 0.3 is 0 Å². The van der Waals surface area contributed by atoms with Crippen LogP contribution in [0.5, 0.6) is 0 Å². The van der Waals surface area contributed by atoms with E-state index in [1.54, 1.807) is 18.4 Å². The first-order chi connectivity index (χ1) is 14.3. The molecule has 160 valence electrons. The largest absolute Gasteiger partial charge is 0.383 e. The van der Waals surface area contributed by atoms with Gasteiger partial charge in [0.2, 0.25) is 0 Å². The summed E-state index contributed by atoms with van der Waals surface area (Å²) in [5.41, 5.74) is 3.17. The number of hydrogen-bond donors (Lipinski definition) is 0. The van der Waals surface area contributed by atoms with Gasteiger partial charge in [0, 0.05) is 30.1 Å². The summed E-state index contributed by atoms with van der Waals surface area (Å²) in [6, 6.07) is 6.10. The van der Waals surface area contributed by atoms with Crippen molar-refractivity contribution in [1.29, 1.82) is 0 Å². The van der Waals surface area contributed by atoms with E-state index in [0.29, 0.717) is 31.2 Å². The van der Waals surface area contributed by atoms with Gasteiger partial charge in [-0.15, -0.1) is 11.3 Å². The molecule has 3 aromatic heterocycles. The van der Waals surface area contributed by atoms with Gasteiger partial charge in [0.1, 0.15) is 0 Å². The first kappa shape index (κ1) is 21.0. The lowest BCUT2D eigenvalue weighted by Gasteiger charge is -2.23. The average Bonchev–Trinajstić information content (AvgIpc) is 3.32. The minimum Gasteiger partial charge on any atom is -0.383 e. The molecular formula is C23H30N4O2S. The molecule has 1 aliphatic carbocycles. The molecule has 1 aliphatic rings. The standard InChI is InChI=1S/C23H30N4O2S/c1-15-20-18(22(28)26(10-11-29-5)14-17-7-6-12-30-17)13-19(16-8-9-16)24-21(20)27(25-15)23(2,3)4/h6-7,12-13,16H,8-11,14H2,1-5H3. The van der Waals surface area contributed by atoms with Crippen LogP contribution in [0.25, 0.3) is 11.0 Å². The first-order valence-corrected chi connectivity index (χ1v) is 11.4. The minimum absolute atomic E-state index is 0.0197. The summed E-state index contributed by atoms with van der Waals surface area (Å²) in [5.74, 6) is 0.473. The predicted octanol–water partition coefficient (Wildman–Crippen LogP) is 4.72. The molecule has 7 heteroatoms. The Balaban J connectivity index is 1.82. The van der Waals surface area contributed by atoms with Crippen LogP contribution in [0, 0.1) is 6.92 Å². The van der Waals surface area contributed by atoms with Crippen LogP contribution in [0.3, 0.4) is 0 Å². The molecular weight excluding hydrogens is 396 g/mol. The molecule has 4 rings (SSSR count). The summed E-state index contributed by atoms with van der Waals surface area (Å²) in [5, 5.41) is 7.69.